The summed E-state index contributed by atoms with van der Waals surface area (Å²) in [6, 6.07) is 19.0. The maximum Gasteiger partial charge on any atom is 0.243 e. The second kappa shape index (κ2) is 7.09. The van der Waals surface area contributed by atoms with Crippen LogP contribution >= 0.6 is 0 Å². The number of benzene rings is 2. The van der Waals surface area contributed by atoms with Crippen molar-refractivity contribution in [1.82, 2.24) is 5.32 Å². The molecule has 118 valence electrons. The Balaban J connectivity index is 1.56. The highest BCUT2D eigenvalue weighted by Crippen LogP contribution is 2.42. The average Bonchev–Trinajstić information content (AvgIpc) is 3.40. The van der Waals surface area contributed by atoms with E-state index >= 15 is 0 Å². The van der Waals surface area contributed by atoms with Crippen LogP contribution in [0.1, 0.15) is 24.3 Å². The zero-order valence-electron chi connectivity index (χ0n) is 12.9. The minimum atomic E-state index is -0.216. The first-order valence-electron chi connectivity index (χ1n) is 7.91. The Morgan fingerprint density at radius 2 is 1.57 bits per heavy atom. The van der Waals surface area contributed by atoms with Crippen LogP contribution in [0.2, 0.25) is 0 Å². The Kier molecular flexibility index (Phi) is 4.71. The van der Waals surface area contributed by atoms with Gasteiger partial charge >= 0.3 is 0 Å². The minimum absolute atomic E-state index is 0.0101. The van der Waals surface area contributed by atoms with Gasteiger partial charge in [0.05, 0.1) is 12.5 Å². The van der Waals surface area contributed by atoms with Gasteiger partial charge in [0.25, 0.3) is 0 Å². The van der Waals surface area contributed by atoms with Crippen molar-refractivity contribution in [2.24, 2.45) is 5.92 Å². The maximum absolute atomic E-state index is 12.5. The molecule has 1 aliphatic carbocycles. The van der Waals surface area contributed by atoms with Crippen LogP contribution in [0.25, 0.3) is 0 Å². The van der Waals surface area contributed by atoms with Crippen LogP contribution in [0.4, 0.5) is 5.69 Å². The Bertz CT molecular complexity index is 666. The fourth-order valence-electron chi connectivity index (χ4n) is 2.73. The van der Waals surface area contributed by atoms with Crippen molar-refractivity contribution in [1.29, 1.82) is 0 Å². The topological polar surface area (TPSA) is 58.2 Å². The number of hydrogen-bond acceptors (Lipinski definition) is 2. The van der Waals surface area contributed by atoms with Gasteiger partial charge in [-0.15, -0.1) is 0 Å². The van der Waals surface area contributed by atoms with E-state index in [0.29, 0.717) is 5.92 Å². The summed E-state index contributed by atoms with van der Waals surface area (Å²) in [5.74, 6) is -0.0376. The van der Waals surface area contributed by atoms with E-state index in [1.165, 1.54) is 0 Å². The Morgan fingerprint density at radius 1 is 0.957 bits per heavy atom. The summed E-state index contributed by atoms with van der Waals surface area (Å²) in [4.78, 5) is 24.4. The van der Waals surface area contributed by atoms with E-state index in [4.69, 9.17) is 0 Å². The van der Waals surface area contributed by atoms with Gasteiger partial charge in [0.2, 0.25) is 11.8 Å². The lowest BCUT2D eigenvalue weighted by atomic mass is 9.93. The van der Waals surface area contributed by atoms with E-state index in [2.05, 4.69) is 10.6 Å². The average molecular weight is 308 g/mol. The number of carbonyl (C=O) groups is 2. The van der Waals surface area contributed by atoms with Crippen molar-refractivity contribution in [3.8, 4) is 0 Å². The molecule has 0 aliphatic heterocycles. The zero-order valence-corrected chi connectivity index (χ0v) is 12.9. The van der Waals surface area contributed by atoms with Gasteiger partial charge in [0, 0.05) is 5.69 Å². The Hall–Kier alpha value is -2.62. The highest BCUT2D eigenvalue weighted by Gasteiger charge is 2.37. The molecule has 0 radical (unpaired) electrons. The molecule has 0 heterocycles. The number of carbonyl (C=O) groups excluding carboxylic acids is 2. The molecule has 3 rings (SSSR count). The highest BCUT2D eigenvalue weighted by molar-refractivity contribution is 5.95. The quantitative estimate of drug-likeness (QED) is 0.862. The van der Waals surface area contributed by atoms with Gasteiger partial charge in [-0.25, -0.2) is 0 Å². The molecule has 0 saturated heterocycles. The van der Waals surface area contributed by atoms with Crippen molar-refractivity contribution >= 4 is 17.5 Å². The summed E-state index contributed by atoms with van der Waals surface area (Å²) in [6.45, 7) is -0.0101. The normalized spacial score (nSPS) is 14.8. The molecule has 2 N–H and O–H groups in total. The smallest absolute Gasteiger partial charge is 0.243 e. The monoisotopic (exact) mass is 308 g/mol. The van der Waals surface area contributed by atoms with Crippen molar-refractivity contribution in [3.05, 3.63) is 66.2 Å². The number of para-hydroxylation sites is 1. The molecular weight excluding hydrogens is 288 g/mol. The maximum atomic E-state index is 12.5. The van der Waals surface area contributed by atoms with Gasteiger partial charge in [-0.3, -0.25) is 9.59 Å². The largest absolute Gasteiger partial charge is 0.346 e. The van der Waals surface area contributed by atoms with Crippen molar-refractivity contribution in [2.45, 2.75) is 18.8 Å². The van der Waals surface area contributed by atoms with Gasteiger partial charge in [-0.1, -0.05) is 48.5 Å². The van der Waals surface area contributed by atoms with E-state index in [9.17, 15) is 9.59 Å². The van der Waals surface area contributed by atoms with E-state index in [1.54, 1.807) is 0 Å². The van der Waals surface area contributed by atoms with E-state index in [1.807, 2.05) is 60.7 Å². The molecule has 1 aliphatic rings. The SMILES string of the molecule is O=C(CNC(=O)C(c1ccccc1)C1CC1)Nc1ccccc1. The molecule has 1 unspecified atom stereocenters. The summed E-state index contributed by atoms with van der Waals surface area (Å²) >= 11 is 0. The Morgan fingerprint density at radius 3 is 2.17 bits per heavy atom. The summed E-state index contributed by atoms with van der Waals surface area (Å²) in [5, 5.41) is 5.54. The summed E-state index contributed by atoms with van der Waals surface area (Å²) in [6.07, 6.45) is 2.15. The number of hydrogen-bond donors (Lipinski definition) is 2. The molecule has 0 aromatic heterocycles. The van der Waals surface area contributed by atoms with E-state index in [-0.39, 0.29) is 24.3 Å². The zero-order chi connectivity index (χ0) is 16.1. The third-order valence-corrected chi connectivity index (χ3v) is 4.02. The second-order valence-corrected chi connectivity index (χ2v) is 5.86. The van der Waals surface area contributed by atoms with Crippen LogP contribution in [0.5, 0.6) is 0 Å². The molecular formula is C19H20N2O2. The molecule has 2 amide bonds. The summed E-state index contributed by atoms with van der Waals surface area (Å²) in [5.41, 5.74) is 1.75. The predicted molar refractivity (Wildman–Crippen MR) is 90.0 cm³/mol. The van der Waals surface area contributed by atoms with Crippen molar-refractivity contribution in [3.63, 3.8) is 0 Å². The van der Waals surface area contributed by atoms with Crippen LogP contribution < -0.4 is 10.6 Å². The Labute approximate surface area is 135 Å². The standard InChI is InChI=1S/C19H20N2O2/c22-17(21-16-9-5-2-6-10-16)13-20-19(23)18(15-11-12-15)14-7-3-1-4-8-14/h1-10,15,18H,11-13H2,(H,20,23)(H,21,22). The fraction of sp³-hybridized carbons (Fsp3) is 0.263. The van der Waals surface area contributed by atoms with Crippen LogP contribution in [0.3, 0.4) is 0 Å². The lowest BCUT2D eigenvalue weighted by Gasteiger charge is -2.16. The lowest BCUT2D eigenvalue weighted by Crippen LogP contribution is -2.36. The molecule has 4 nitrogen and oxygen atoms in total. The van der Waals surface area contributed by atoms with Crippen molar-refractivity contribution in [2.75, 3.05) is 11.9 Å². The fourth-order valence-corrected chi connectivity index (χ4v) is 2.73. The summed E-state index contributed by atoms with van der Waals surface area (Å²) < 4.78 is 0. The molecule has 2 aromatic rings. The predicted octanol–water partition coefficient (Wildman–Crippen LogP) is 2.94. The molecule has 1 atom stereocenters. The first-order chi connectivity index (χ1) is 11.2. The van der Waals surface area contributed by atoms with E-state index < -0.39 is 0 Å². The van der Waals surface area contributed by atoms with Crippen LogP contribution in [0, 0.1) is 5.92 Å². The van der Waals surface area contributed by atoms with Gasteiger partial charge < -0.3 is 10.6 Å². The number of anilines is 1. The molecule has 4 heteroatoms. The van der Waals surface area contributed by atoms with Gasteiger partial charge in [0.1, 0.15) is 0 Å². The number of amides is 2. The van der Waals surface area contributed by atoms with Gasteiger partial charge in [-0.05, 0) is 36.5 Å². The molecule has 0 bridgehead atoms. The first kappa shape index (κ1) is 15.3. The molecule has 23 heavy (non-hydrogen) atoms. The van der Waals surface area contributed by atoms with Crippen molar-refractivity contribution < 1.29 is 9.59 Å². The molecule has 0 spiro atoms. The summed E-state index contributed by atoms with van der Waals surface area (Å²) in [7, 11) is 0. The van der Waals surface area contributed by atoms with Crippen LogP contribution in [-0.4, -0.2) is 18.4 Å². The van der Waals surface area contributed by atoms with Crippen LogP contribution in [0.15, 0.2) is 60.7 Å². The van der Waals surface area contributed by atoms with E-state index in [0.717, 1.165) is 24.1 Å². The second-order valence-electron chi connectivity index (χ2n) is 5.86. The van der Waals surface area contributed by atoms with Gasteiger partial charge in [0.15, 0.2) is 0 Å². The third-order valence-electron chi connectivity index (χ3n) is 4.02. The number of nitrogens with one attached hydrogen (secondary N) is 2. The molecule has 1 fully saturated rings. The molecule has 1 saturated carbocycles. The van der Waals surface area contributed by atoms with Gasteiger partial charge in [-0.2, -0.15) is 0 Å². The number of rotatable bonds is 6. The third kappa shape index (κ3) is 4.19. The first-order valence-corrected chi connectivity index (χ1v) is 7.91. The lowest BCUT2D eigenvalue weighted by molar-refractivity contribution is -0.125. The highest BCUT2D eigenvalue weighted by atomic mass is 16.2. The van der Waals surface area contributed by atoms with Crippen LogP contribution in [-0.2, 0) is 9.59 Å². The minimum Gasteiger partial charge on any atom is -0.346 e. The molecule has 2 aromatic carbocycles.